The monoisotopic (exact) mass is 240 g/mol. The van der Waals surface area contributed by atoms with Crippen LogP contribution in [0.3, 0.4) is 0 Å². The Labute approximate surface area is 99.8 Å². The molecule has 0 saturated carbocycles. The molecule has 1 aromatic carbocycles. The van der Waals surface area contributed by atoms with Crippen LogP contribution in [0.4, 0.5) is 0 Å². The van der Waals surface area contributed by atoms with Gasteiger partial charge in [-0.15, -0.1) is 0 Å². The summed E-state index contributed by atoms with van der Waals surface area (Å²) < 4.78 is 4.99. The first-order valence-electron chi connectivity index (χ1n) is 5.39. The summed E-state index contributed by atoms with van der Waals surface area (Å²) in [5.74, 6) is -0.404. The third-order valence-electron chi connectivity index (χ3n) is 2.15. The third kappa shape index (κ3) is 3.96. The Kier molecular flexibility index (Phi) is 5.29. The molecule has 94 valence electrons. The predicted molar refractivity (Wildman–Crippen MR) is 61.4 cm³/mol. The topological polar surface area (TPSA) is 65.0 Å². The number of carboxylic acids is 1. The average Bonchev–Trinajstić information content (AvgIpc) is 2.34. The normalized spacial score (nSPS) is 10.0. The first kappa shape index (κ1) is 13.3. The largest absolute Gasteiger partial charge is 0.497 e. The van der Waals surface area contributed by atoms with Crippen molar-refractivity contribution in [2.75, 3.05) is 13.7 Å². The van der Waals surface area contributed by atoms with Crippen LogP contribution < -0.4 is 9.62 Å². The van der Waals surface area contributed by atoms with E-state index in [1.165, 1.54) is 19.2 Å². The highest BCUT2D eigenvalue weighted by Gasteiger charge is 2.13. The fraction of sp³-hybridized carbons (Fsp3) is 0.417. The summed E-state index contributed by atoms with van der Waals surface area (Å²) >= 11 is 0. The molecule has 0 bridgehead atoms. The molecule has 0 aliphatic rings. The zero-order valence-electron chi connectivity index (χ0n) is 9.93. The Hall–Kier alpha value is -1.75. The number of hydrogen-bond donors (Lipinski definition) is 1. The number of benzene rings is 1. The Bertz CT molecular complexity index is 375. The van der Waals surface area contributed by atoms with Gasteiger partial charge in [0.2, 0.25) is 0 Å². The van der Waals surface area contributed by atoms with Crippen LogP contribution in [0, 0.1) is 0 Å². The summed E-state index contributed by atoms with van der Waals surface area (Å²) in [5.41, 5.74) is 0.0438. The van der Waals surface area contributed by atoms with E-state index < -0.39 is 5.97 Å². The van der Waals surface area contributed by atoms with Gasteiger partial charge >= 0.3 is 5.97 Å². The van der Waals surface area contributed by atoms with Gasteiger partial charge in [-0.2, -0.15) is 4.89 Å². The minimum atomic E-state index is -1.07. The van der Waals surface area contributed by atoms with Gasteiger partial charge in [0, 0.05) is 6.07 Å². The zero-order valence-corrected chi connectivity index (χ0v) is 9.93. The Balaban J connectivity index is 2.75. The first-order chi connectivity index (χ1) is 8.19. The summed E-state index contributed by atoms with van der Waals surface area (Å²) in [6, 6.07) is 4.46. The highest BCUT2D eigenvalue weighted by Crippen LogP contribution is 2.25. The molecule has 0 radical (unpaired) electrons. The molecule has 1 N–H and O–H groups in total. The molecule has 1 rings (SSSR count). The number of carbonyl (C=O) groups is 1. The van der Waals surface area contributed by atoms with Crippen molar-refractivity contribution in [3.05, 3.63) is 23.8 Å². The van der Waals surface area contributed by atoms with Crippen molar-refractivity contribution in [3.63, 3.8) is 0 Å². The maximum Gasteiger partial charge on any atom is 0.339 e. The second kappa shape index (κ2) is 6.75. The van der Waals surface area contributed by atoms with E-state index in [4.69, 9.17) is 19.6 Å². The molecule has 0 atom stereocenters. The van der Waals surface area contributed by atoms with E-state index in [1.54, 1.807) is 6.07 Å². The Morgan fingerprint density at radius 2 is 2.18 bits per heavy atom. The van der Waals surface area contributed by atoms with Crippen LogP contribution in [0.2, 0.25) is 0 Å². The van der Waals surface area contributed by atoms with Gasteiger partial charge in [-0.3, -0.25) is 0 Å². The van der Waals surface area contributed by atoms with Gasteiger partial charge < -0.3 is 14.7 Å². The van der Waals surface area contributed by atoms with Crippen LogP contribution in [0.1, 0.15) is 30.1 Å². The van der Waals surface area contributed by atoms with E-state index in [-0.39, 0.29) is 11.3 Å². The van der Waals surface area contributed by atoms with Crippen LogP contribution in [-0.4, -0.2) is 24.8 Å². The van der Waals surface area contributed by atoms with Crippen molar-refractivity contribution in [2.45, 2.75) is 19.8 Å². The van der Waals surface area contributed by atoms with Crippen LogP contribution in [0.15, 0.2) is 18.2 Å². The van der Waals surface area contributed by atoms with E-state index in [0.717, 1.165) is 12.8 Å². The average molecular weight is 240 g/mol. The molecule has 0 fully saturated rings. The molecule has 0 aromatic heterocycles. The number of ether oxygens (including phenoxy) is 1. The van der Waals surface area contributed by atoms with Gasteiger partial charge in [-0.25, -0.2) is 4.79 Å². The number of methoxy groups -OCH3 is 1. The van der Waals surface area contributed by atoms with Gasteiger partial charge in [0.05, 0.1) is 13.7 Å². The molecule has 17 heavy (non-hydrogen) atoms. The second-order valence-corrected chi connectivity index (χ2v) is 3.43. The minimum Gasteiger partial charge on any atom is -0.497 e. The van der Waals surface area contributed by atoms with Crippen molar-refractivity contribution in [1.29, 1.82) is 0 Å². The van der Waals surface area contributed by atoms with E-state index in [1.807, 2.05) is 6.92 Å². The summed E-state index contributed by atoms with van der Waals surface area (Å²) in [7, 11) is 1.50. The van der Waals surface area contributed by atoms with E-state index >= 15 is 0 Å². The molecule has 5 nitrogen and oxygen atoms in total. The number of rotatable bonds is 7. The highest BCUT2D eigenvalue weighted by molar-refractivity contribution is 5.91. The molecule has 0 aliphatic heterocycles. The maximum absolute atomic E-state index is 10.9. The second-order valence-electron chi connectivity index (χ2n) is 3.43. The summed E-state index contributed by atoms with van der Waals surface area (Å²) in [4.78, 5) is 20.8. The zero-order chi connectivity index (χ0) is 12.7. The number of unbranched alkanes of at least 4 members (excludes halogenated alkanes) is 1. The molecular formula is C12H16O5. The molecule has 1 aromatic rings. The van der Waals surface area contributed by atoms with E-state index in [2.05, 4.69) is 0 Å². The molecular weight excluding hydrogens is 224 g/mol. The summed E-state index contributed by atoms with van der Waals surface area (Å²) in [6.07, 6.45) is 1.83. The van der Waals surface area contributed by atoms with Crippen molar-refractivity contribution in [1.82, 2.24) is 0 Å². The molecule has 0 heterocycles. The predicted octanol–water partition coefficient (Wildman–Crippen LogP) is 2.50. The van der Waals surface area contributed by atoms with Gasteiger partial charge in [0.15, 0.2) is 5.75 Å². The van der Waals surface area contributed by atoms with Gasteiger partial charge in [0.1, 0.15) is 11.3 Å². The lowest BCUT2D eigenvalue weighted by atomic mass is 10.2. The van der Waals surface area contributed by atoms with Crippen LogP contribution in [-0.2, 0) is 4.89 Å². The fourth-order valence-electron chi connectivity index (χ4n) is 1.18. The number of carboxylic acid groups (broad SMARTS) is 1. The maximum atomic E-state index is 10.9. The molecule has 0 aliphatic carbocycles. The Morgan fingerprint density at radius 1 is 1.41 bits per heavy atom. The van der Waals surface area contributed by atoms with Gasteiger partial charge in [-0.1, -0.05) is 13.3 Å². The van der Waals surface area contributed by atoms with Crippen LogP contribution in [0.5, 0.6) is 11.5 Å². The van der Waals surface area contributed by atoms with Crippen LogP contribution >= 0.6 is 0 Å². The van der Waals surface area contributed by atoms with Crippen molar-refractivity contribution in [3.8, 4) is 11.5 Å². The number of hydrogen-bond acceptors (Lipinski definition) is 4. The third-order valence-corrected chi connectivity index (χ3v) is 2.15. The van der Waals surface area contributed by atoms with Crippen molar-refractivity contribution in [2.24, 2.45) is 0 Å². The van der Waals surface area contributed by atoms with Gasteiger partial charge in [-0.05, 0) is 18.6 Å². The first-order valence-corrected chi connectivity index (χ1v) is 5.39. The fourth-order valence-corrected chi connectivity index (χ4v) is 1.18. The van der Waals surface area contributed by atoms with Crippen molar-refractivity contribution >= 4 is 5.97 Å². The lowest BCUT2D eigenvalue weighted by Gasteiger charge is -2.08. The Morgan fingerprint density at radius 3 is 2.76 bits per heavy atom. The SMILES string of the molecule is CCCCOOc1cc(OC)ccc1C(=O)O. The van der Waals surface area contributed by atoms with Crippen LogP contribution in [0.25, 0.3) is 0 Å². The standard InChI is InChI=1S/C12H16O5/c1-3-4-7-16-17-11-8-9(15-2)5-6-10(11)12(13)14/h5-6,8H,3-4,7H2,1-2H3,(H,13,14). The van der Waals surface area contributed by atoms with E-state index in [9.17, 15) is 4.79 Å². The molecule has 0 saturated heterocycles. The number of aromatic carboxylic acids is 1. The molecule has 0 unspecified atom stereocenters. The molecule has 5 heteroatoms. The van der Waals surface area contributed by atoms with Gasteiger partial charge in [0.25, 0.3) is 0 Å². The lowest BCUT2D eigenvalue weighted by Crippen LogP contribution is -2.05. The quantitative estimate of drug-likeness (QED) is 0.450. The molecule has 0 spiro atoms. The summed E-state index contributed by atoms with van der Waals surface area (Å²) in [6.45, 7) is 2.45. The smallest absolute Gasteiger partial charge is 0.339 e. The van der Waals surface area contributed by atoms with Crippen molar-refractivity contribution < 1.29 is 24.4 Å². The highest BCUT2D eigenvalue weighted by atomic mass is 17.2. The minimum absolute atomic E-state index is 0.0438. The molecule has 0 amide bonds. The van der Waals surface area contributed by atoms with E-state index in [0.29, 0.717) is 12.4 Å². The lowest BCUT2D eigenvalue weighted by molar-refractivity contribution is -0.207. The summed E-state index contributed by atoms with van der Waals surface area (Å²) in [5, 5.41) is 8.96.